The Bertz CT molecular complexity index is 822. The number of unbranched alkanes of at least 4 members (excludes halogenated alkanes) is 26. The van der Waals surface area contributed by atoms with E-state index in [4.69, 9.17) is 4.74 Å². The summed E-state index contributed by atoms with van der Waals surface area (Å²) in [4.78, 5) is 23.7. The molecule has 0 heterocycles. The summed E-state index contributed by atoms with van der Waals surface area (Å²) in [6.45, 7) is 9.41. The van der Waals surface area contributed by atoms with Gasteiger partial charge in [-0.05, 0) is 70.6 Å². The van der Waals surface area contributed by atoms with Gasteiger partial charge in [0.1, 0.15) is 0 Å². The summed E-state index contributed by atoms with van der Waals surface area (Å²) in [5, 5.41) is 19.4. The average Bonchev–Trinajstić information content (AvgIpc) is 3.15. The van der Waals surface area contributed by atoms with Gasteiger partial charge in [-0.3, -0.25) is 4.79 Å². The number of carboxylic acid groups (broad SMARTS) is 2. The molecule has 0 aromatic heterocycles. The zero-order chi connectivity index (χ0) is 40.1. The van der Waals surface area contributed by atoms with Gasteiger partial charge in [-0.2, -0.15) is 0 Å². The number of hydrogen-bond acceptors (Lipinski definition) is 3. The van der Waals surface area contributed by atoms with Crippen LogP contribution in [0.4, 0.5) is 0 Å². The van der Waals surface area contributed by atoms with E-state index in [1.807, 2.05) is 0 Å². The zero-order valence-electron chi connectivity index (χ0n) is 36.6. The van der Waals surface area contributed by atoms with E-state index >= 15 is 0 Å². The van der Waals surface area contributed by atoms with E-state index in [0.29, 0.717) is 13.0 Å². The summed E-state index contributed by atoms with van der Waals surface area (Å²) in [7, 11) is 0. The van der Waals surface area contributed by atoms with Crippen LogP contribution in [-0.2, 0) is 14.3 Å². The van der Waals surface area contributed by atoms with Gasteiger partial charge in [-0.15, -0.1) is 0 Å². The van der Waals surface area contributed by atoms with Gasteiger partial charge < -0.3 is 14.9 Å². The predicted octanol–water partition coefficient (Wildman–Crippen LogP) is 15.9. The fourth-order valence-electron chi connectivity index (χ4n) is 6.70. The summed E-state index contributed by atoms with van der Waals surface area (Å²) < 4.78 is 9.10. The van der Waals surface area contributed by atoms with Crippen molar-refractivity contribution in [1.29, 1.82) is 0 Å². The van der Waals surface area contributed by atoms with E-state index in [9.17, 15) is 19.8 Å². The van der Waals surface area contributed by atoms with Gasteiger partial charge in [0.25, 0.3) is 0 Å². The van der Waals surface area contributed by atoms with Crippen LogP contribution < -0.4 is 0 Å². The molecule has 0 amide bonds. The van der Waals surface area contributed by atoms with Gasteiger partial charge >= 0.3 is 81.5 Å². The molecule has 2 radical (unpaired) electrons. The van der Waals surface area contributed by atoms with Gasteiger partial charge in [-0.1, -0.05) is 154 Å². The molecule has 0 bridgehead atoms. The monoisotopic (exact) mass is 869 g/mol. The van der Waals surface area contributed by atoms with Gasteiger partial charge in [0.15, 0.2) is 5.60 Å². The molecule has 0 aromatic rings. The van der Waals surface area contributed by atoms with E-state index < -0.39 is 24.0 Å². The molecule has 0 rings (SSSR count). The van der Waals surface area contributed by atoms with E-state index in [1.54, 1.807) is 8.87 Å². The molecule has 2 N–H and O–H groups in total. The fourth-order valence-corrected chi connectivity index (χ4v) is 10.9. The molecule has 0 aliphatic rings. The van der Waals surface area contributed by atoms with Crippen molar-refractivity contribution >= 4 is 33.1 Å². The third-order valence-corrected chi connectivity index (χ3v) is 14.4. The van der Waals surface area contributed by atoms with Crippen molar-refractivity contribution in [3.63, 3.8) is 0 Å². The van der Waals surface area contributed by atoms with Crippen molar-refractivity contribution in [2.24, 2.45) is 0 Å². The van der Waals surface area contributed by atoms with E-state index in [0.717, 1.165) is 51.4 Å². The van der Waals surface area contributed by atoms with Crippen molar-refractivity contribution in [1.82, 2.24) is 0 Å². The SMILES string of the molecule is CCCCCCCC/C=C\CCCCCCCCOC(CCCCCCCC/C=C\CCCCCCCC)(CC(=O)O)C(=O)O.CCC[CH2][Sn][CH2]CCC. The van der Waals surface area contributed by atoms with Gasteiger partial charge in [0, 0.05) is 6.61 Å². The standard InChI is InChI=1S/C40H74O5.2C4H9.Sn/c1-3-5-7-9-11-13-15-17-19-21-23-25-27-29-31-33-35-40(39(43)44,37-38(41)42)45-36-34-32-30-28-26-24-22-20-18-16-14-12-10-8-6-4-2;2*1-3-4-2;/h17-20H,3-16,21-37H2,1-2H3,(H,41,42)(H,43,44);2*1,3-4H2,2H3;/b19-17-,20-18-;;;. The molecule has 5 nitrogen and oxygen atoms in total. The van der Waals surface area contributed by atoms with Crippen molar-refractivity contribution < 1.29 is 24.5 Å². The van der Waals surface area contributed by atoms with E-state index in [-0.39, 0.29) is 27.6 Å². The second-order valence-electron chi connectivity index (χ2n) is 15.8. The van der Waals surface area contributed by atoms with Crippen molar-refractivity contribution in [3.8, 4) is 0 Å². The second kappa shape index (κ2) is 46.6. The van der Waals surface area contributed by atoms with Crippen LogP contribution in [-0.4, -0.2) is 55.5 Å². The van der Waals surface area contributed by atoms with Crippen LogP contribution in [0.1, 0.15) is 246 Å². The predicted molar refractivity (Wildman–Crippen MR) is 237 cm³/mol. The number of aliphatic carboxylic acids is 2. The van der Waals surface area contributed by atoms with Crippen LogP contribution in [0.3, 0.4) is 0 Å². The van der Waals surface area contributed by atoms with Crippen LogP contribution in [0.15, 0.2) is 24.3 Å². The number of allylic oxidation sites excluding steroid dienone is 4. The first-order valence-corrected chi connectivity index (χ1v) is 27.5. The Hall–Kier alpha value is -0.821. The minimum atomic E-state index is -1.60. The zero-order valence-corrected chi connectivity index (χ0v) is 39.4. The first-order valence-electron chi connectivity index (χ1n) is 23.5. The summed E-state index contributed by atoms with van der Waals surface area (Å²) in [6, 6.07) is 0. The molecule has 1 unspecified atom stereocenters. The third-order valence-electron chi connectivity index (χ3n) is 10.4. The van der Waals surface area contributed by atoms with Gasteiger partial charge in [0.05, 0.1) is 6.42 Å². The van der Waals surface area contributed by atoms with Crippen LogP contribution in [0.25, 0.3) is 0 Å². The normalized spacial score (nSPS) is 12.7. The Balaban J connectivity index is 0. The maximum absolute atomic E-state index is 12.2. The van der Waals surface area contributed by atoms with Crippen LogP contribution >= 0.6 is 0 Å². The Morgan fingerprint density at radius 1 is 0.463 bits per heavy atom. The maximum atomic E-state index is 12.2. The molecular formula is C48H92O5Sn. The van der Waals surface area contributed by atoms with Crippen molar-refractivity contribution in [3.05, 3.63) is 24.3 Å². The molecule has 0 spiro atoms. The first-order chi connectivity index (χ1) is 26.4. The molecule has 0 saturated carbocycles. The van der Waals surface area contributed by atoms with E-state index in [2.05, 4.69) is 52.0 Å². The van der Waals surface area contributed by atoms with Crippen molar-refractivity contribution in [2.75, 3.05) is 6.61 Å². The average molecular weight is 868 g/mol. The van der Waals surface area contributed by atoms with Gasteiger partial charge in [0.2, 0.25) is 0 Å². The van der Waals surface area contributed by atoms with Crippen LogP contribution in [0, 0.1) is 0 Å². The van der Waals surface area contributed by atoms with E-state index in [1.165, 1.54) is 148 Å². The molecular weight excluding hydrogens is 775 g/mol. The number of rotatable bonds is 42. The summed E-state index contributed by atoms with van der Waals surface area (Å²) in [5.74, 6) is -2.25. The van der Waals surface area contributed by atoms with Crippen LogP contribution in [0.2, 0.25) is 8.87 Å². The molecule has 0 saturated heterocycles. The molecule has 54 heavy (non-hydrogen) atoms. The van der Waals surface area contributed by atoms with Crippen molar-refractivity contribution in [2.45, 2.75) is 260 Å². The molecule has 318 valence electrons. The Morgan fingerprint density at radius 2 is 0.796 bits per heavy atom. The number of ether oxygens (including phenoxy) is 1. The molecule has 0 aliphatic carbocycles. The summed E-state index contributed by atoms with van der Waals surface area (Å²) >= 11 is 0.149. The molecule has 0 aromatic carbocycles. The second-order valence-corrected chi connectivity index (χ2v) is 20.1. The Morgan fingerprint density at radius 3 is 1.15 bits per heavy atom. The molecule has 0 aliphatic heterocycles. The number of hydrogen-bond donors (Lipinski definition) is 2. The Labute approximate surface area is 347 Å². The first kappa shape index (κ1) is 55.3. The molecule has 1 atom stereocenters. The summed E-state index contributed by atoms with van der Waals surface area (Å²) in [5.41, 5.74) is -1.60. The summed E-state index contributed by atoms with van der Waals surface area (Å²) in [6.07, 6.45) is 48.6. The molecule has 6 heteroatoms. The fraction of sp³-hybridized carbons (Fsp3) is 0.875. The third kappa shape index (κ3) is 42.3. The van der Waals surface area contributed by atoms with Gasteiger partial charge in [-0.25, -0.2) is 4.79 Å². The quantitative estimate of drug-likeness (QED) is 0.0363. The van der Waals surface area contributed by atoms with Crippen LogP contribution in [0.5, 0.6) is 0 Å². The molecule has 0 fully saturated rings. The minimum absolute atomic E-state index is 0.149. The number of carbonyl (C=O) groups is 2. The topological polar surface area (TPSA) is 83.8 Å². The number of carboxylic acids is 2. The Kier molecular flexibility index (Phi) is 47.7.